The van der Waals surface area contributed by atoms with Gasteiger partial charge in [0.1, 0.15) is 23.9 Å². The number of nitrogens with two attached hydrogens (primary N) is 1. The Labute approximate surface area is 185 Å². The quantitative estimate of drug-likeness (QED) is 0.605. The van der Waals surface area contributed by atoms with Crippen LogP contribution in [-0.2, 0) is 33.8 Å². The van der Waals surface area contributed by atoms with E-state index >= 15 is 0 Å². The topological polar surface area (TPSA) is 149 Å². The van der Waals surface area contributed by atoms with E-state index in [0.717, 1.165) is 11.5 Å². The predicted molar refractivity (Wildman–Crippen MR) is 114 cm³/mol. The monoisotopic (exact) mass is 447 g/mol. The lowest BCUT2D eigenvalue weighted by molar-refractivity contribution is -0.132. The Kier molecular flexibility index (Phi) is 7.46. The molecule has 0 saturated carbocycles. The van der Waals surface area contributed by atoms with E-state index in [1.807, 2.05) is 18.4 Å². The summed E-state index contributed by atoms with van der Waals surface area (Å²) < 4.78 is 9.02. The molecule has 1 saturated heterocycles. The number of hydrogen-bond donors (Lipinski definition) is 2. The lowest BCUT2D eigenvalue weighted by atomic mass is 10.2. The standard InChI is InChI=1S/C19H27N7O3.CH2O2/c1-13-9-16(20)26(22-13)12-18(27)23-4-3-17-21-15(11-24(17)6-5-23)19(28)25-7-8-29-14(2)10-25;2-1-3/h9,11,14H,3-8,10,12,20H2,1-2H3;1H,(H,2,3). The smallest absolute Gasteiger partial charge is 0.290 e. The van der Waals surface area contributed by atoms with Crippen molar-refractivity contribution >= 4 is 24.1 Å². The van der Waals surface area contributed by atoms with Crippen molar-refractivity contribution < 1.29 is 24.2 Å². The van der Waals surface area contributed by atoms with Crippen LogP contribution < -0.4 is 5.73 Å². The molecule has 4 rings (SSSR count). The zero-order valence-electron chi connectivity index (χ0n) is 18.3. The molecule has 2 aliphatic rings. The van der Waals surface area contributed by atoms with Gasteiger partial charge in [0, 0.05) is 51.4 Å². The molecule has 1 fully saturated rings. The van der Waals surface area contributed by atoms with Gasteiger partial charge in [0.15, 0.2) is 0 Å². The summed E-state index contributed by atoms with van der Waals surface area (Å²) in [5, 5.41) is 11.1. The molecule has 0 bridgehead atoms. The minimum absolute atomic E-state index is 0.0239. The van der Waals surface area contributed by atoms with Crippen LogP contribution >= 0.6 is 0 Å². The number of morpholine rings is 1. The number of hydrogen-bond acceptors (Lipinski definition) is 7. The molecule has 3 N–H and O–H groups in total. The zero-order valence-corrected chi connectivity index (χ0v) is 18.3. The minimum atomic E-state index is -0.250. The van der Waals surface area contributed by atoms with Crippen molar-refractivity contribution in [1.82, 2.24) is 29.1 Å². The highest BCUT2D eigenvalue weighted by atomic mass is 16.5. The molecule has 0 spiro atoms. The average Bonchev–Trinajstić information content (AvgIpc) is 3.23. The van der Waals surface area contributed by atoms with Crippen molar-refractivity contribution in [3.63, 3.8) is 0 Å². The van der Waals surface area contributed by atoms with E-state index < -0.39 is 0 Å². The number of ether oxygens (including phenoxy) is 1. The molecular formula is C20H29N7O5. The number of amides is 2. The van der Waals surface area contributed by atoms with Crippen molar-refractivity contribution in [1.29, 1.82) is 0 Å². The highest BCUT2D eigenvalue weighted by molar-refractivity contribution is 5.92. The molecule has 0 aliphatic carbocycles. The molecule has 174 valence electrons. The van der Waals surface area contributed by atoms with Gasteiger partial charge in [-0.1, -0.05) is 0 Å². The van der Waals surface area contributed by atoms with E-state index in [0.29, 0.717) is 57.3 Å². The molecule has 4 heterocycles. The summed E-state index contributed by atoms with van der Waals surface area (Å²) in [6.45, 7) is 7.13. The van der Waals surface area contributed by atoms with Gasteiger partial charge >= 0.3 is 0 Å². The Hall–Kier alpha value is -3.41. The number of fused-ring (bicyclic) bond motifs is 1. The number of aromatic nitrogens is 4. The van der Waals surface area contributed by atoms with Crippen molar-refractivity contribution in [2.45, 2.75) is 39.5 Å². The van der Waals surface area contributed by atoms with Gasteiger partial charge in [-0.2, -0.15) is 5.10 Å². The van der Waals surface area contributed by atoms with Crippen molar-refractivity contribution in [3.05, 3.63) is 29.5 Å². The maximum atomic E-state index is 12.8. The van der Waals surface area contributed by atoms with E-state index in [-0.39, 0.29) is 30.9 Å². The van der Waals surface area contributed by atoms with Gasteiger partial charge in [0.2, 0.25) is 5.91 Å². The van der Waals surface area contributed by atoms with E-state index in [1.165, 1.54) is 4.68 Å². The molecule has 1 atom stereocenters. The number of carbonyl (C=O) groups excluding carboxylic acids is 2. The second kappa shape index (κ2) is 10.3. The Morgan fingerprint density at radius 1 is 1.28 bits per heavy atom. The Balaban J connectivity index is 0.000000913. The van der Waals surface area contributed by atoms with Crippen LogP contribution in [0.3, 0.4) is 0 Å². The van der Waals surface area contributed by atoms with Crippen LogP contribution in [0.2, 0.25) is 0 Å². The summed E-state index contributed by atoms with van der Waals surface area (Å²) in [4.78, 5) is 42.0. The van der Waals surface area contributed by atoms with Crippen LogP contribution in [0.15, 0.2) is 12.3 Å². The largest absolute Gasteiger partial charge is 0.483 e. The van der Waals surface area contributed by atoms with Crippen LogP contribution in [0.25, 0.3) is 0 Å². The maximum Gasteiger partial charge on any atom is 0.290 e. The van der Waals surface area contributed by atoms with Crippen LogP contribution in [0.4, 0.5) is 5.82 Å². The van der Waals surface area contributed by atoms with E-state index in [9.17, 15) is 9.59 Å². The van der Waals surface area contributed by atoms with Gasteiger partial charge in [-0.25, -0.2) is 9.67 Å². The van der Waals surface area contributed by atoms with E-state index in [1.54, 1.807) is 22.1 Å². The Morgan fingerprint density at radius 3 is 2.69 bits per heavy atom. The normalized spacial score (nSPS) is 18.2. The van der Waals surface area contributed by atoms with E-state index in [2.05, 4.69) is 10.1 Å². The Morgan fingerprint density at radius 2 is 2.03 bits per heavy atom. The number of nitrogens with zero attached hydrogens (tertiary/aromatic N) is 6. The first-order valence-electron chi connectivity index (χ1n) is 10.4. The molecule has 2 aliphatic heterocycles. The van der Waals surface area contributed by atoms with Crippen molar-refractivity contribution in [2.24, 2.45) is 0 Å². The van der Waals surface area contributed by atoms with Gasteiger partial charge < -0.3 is 29.9 Å². The summed E-state index contributed by atoms with van der Waals surface area (Å²) in [5.74, 6) is 1.24. The minimum Gasteiger partial charge on any atom is -0.483 e. The summed E-state index contributed by atoms with van der Waals surface area (Å²) in [6.07, 6.45) is 2.45. The number of carbonyl (C=O) groups is 3. The summed E-state index contributed by atoms with van der Waals surface area (Å²) in [7, 11) is 0. The predicted octanol–water partition coefficient (Wildman–Crippen LogP) is -0.383. The molecule has 32 heavy (non-hydrogen) atoms. The molecule has 2 aromatic rings. The lowest BCUT2D eigenvalue weighted by Crippen LogP contribution is -2.44. The maximum absolute atomic E-state index is 12.8. The third kappa shape index (κ3) is 5.44. The highest BCUT2D eigenvalue weighted by Crippen LogP contribution is 2.15. The molecule has 0 radical (unpaired) electrons. The third-order valence-corrected chi connectivity index (χ3v) is 5.39. The number of imidazole rings is 1. The van der Waals surface area contributed by atoms with Crippen LogP contribution in [0.1, 0.15) is 28.9 Å². The first-order chi connectivity index (χ1) is 15.3. The Bertz CT molecular complexity index is 944. The first kappa shape index (κ1) is 23.3. The van der Waals surface area contributed by atoms with Crippen molar-refractivity contribution in [2.75, 3.05) is 38.5 Å². The average molecular weight is 447 g/mol. The SMILES string of the molecule is Cc1cc(N)n(CC(=O)N2CCc3nc(C(=O)N4CCOC(C)C4)cn3CC2)n1.O=CO. The van der Waals surface area contributed by atoms with Crippen LogP contribution in [-0.4, -0.2) is 91.4 Å². The number of carboxylic acid groups (broad SMARTS) is 1. The summed E-state index contributed by atoms with van der Waals surface area (Å²) in [6, 6.07) is 1.75. The fourth-order valence-electron chi connectivity index (χ4n) is 3.86. The van der Waals surface area contributed by atoms with Gasteiger partial charge in [0.25, 0.3) is 12.4 Å². The summed E-state index contributed by atoms with van der Waals surface area (Å²) >= 11 is 0. The zero-order chi connectivity index (χ0) is 23.3. The molecule has 12 heteroatoms. The first-order valence-corrected chi connectivity index (χ1v) is 10.4. The number of rotatable bonds is 3. The fraction of sp³-hybridized carbons (Fsp3) is 0.550. The molecule has 2 amide bonds. The molecular weight excluding hydrogens is 418 g/mol. The van der Waals surface area contributed by atoms with Crippen LogP contribution in [0.5, 0.6) is 0 Å². The van der Waals surface area contributed by atoms with Crippen molar-refractivity contribution in [3.8, 4) is 0 Å². The molecule has 2 aromatic heterocycles. The second-order valence-electron chi connectivity index (χ2n) is 7.77. The van der Waals surface area contributed by atoms with Gasteiger partial charge in [-0.3, -0.25) is 14.4 Å². The van der Waals surface area contributed by atoms with Gasteiger partial charge in [-0.15, -0.1) is 0 Å². The highest BCUT2D eigenvalue weighted by Gasteiger charge is 2.27. The molecule has 1 unspecified atom stereocenters. The van der Waals surface area contributed by atoms with Gasteiger partial charge in [-0.05, 0) is 13.8 Å². The molecule has 0 aromatic carbocycles. The summed E-state index contributed by atoms with van der Waals surface area (Å²) in [5.41, 5.74) is 7.15. The number of nitrogen functional groups attached to an aromatic ring is 1. The van der Waals surface area contributed by atoms with Gasteiger partial charge in [0.05, 0.1) is 18.4 Å². The molecule has 12 nitrogen and oxygen atoms in total. The van der Waals surface area contributed by atoms with Crippen LogP contribution in [0, 0.1) is 6.92 Å². The lowest BCUT2D eigenvalue weighted by Gasteiger charge is -2.30. The second-order valence-corrected chi connectivity index (χ2v) is 7.77. The number of anilines is 1. The van der Waals surface area contributed by atoms with E-state index in [4.69, 9.17) is 20.4 Å². The fourth-order valence-corrected chi connectivity index (χ4v) is 3.86. The number of aryl methyl sites for hydroxylation is 1. The third-order valence-electron chi connectivity index (χ3n) is 5.39.